The summed E-state index contributed by atoms with van der Waals surface area (Å²) in [5, 5.41) is 5.04. The molecule has 3 aliphatic heterocycles. The van der Waals surface area contributed by atoms with E-state index < -0.39 is 0 Å². The van der Waals surface area contributed by atoms with Gasteiger partial charge in [-0.3, -0.25) is 4.90 Å². The van der Waals surface area contributed by atoms with Gasteiger partial charge >= 0.3 is 0 Å². The summed E-state index contributed by atoms with van der Waals surface area (Å²) in [6.07, 6.45) is 0. The summed E-state index contributed by atoms with van der Waals surface area (Å²) in [6, 6.07) is 76.8. The molecule has 3 aliphatic rings. The van der Waals surface area contributed by atoms with Crippen LogP contribution in [0, 0.1) is 0 Å². The molecule has 4 nitrogen and oxygen atoms in total. The van der Waals surface area contributed by atoms with E-state index in [-0.39, 0.29) is 6.71 Å². The minimum atomic E-state index is -0.0375. The van der Waals surface area contributed by atoms with Crippen molar-refractivity contribution in [3.8, 4) is 78.4 Å². The van der Waals surface area contributed by atoms with Crippen molar-refractivity contribution in [2.75, 3.05) is 4.90 Å². The van der Waals surface area contributed by atoms with Gasteiger partial charge in [-0.1, -0.05) is 194 Å². The Bertz CT molecular complexity index is 3490. The lowest BCUT2D eigenvalue weighted by Gasteiger charge is -2.43. The molecule has 0 fully saturated rings. The van der Waals surface area contributed by atoms with E-state index in [0.29, 0.717) is 17.6 Å². The Morgan fingerprint density at radius 1 is 0.297 bits per heavy atom. The molecule has 0 unspecified atom stereocenters. The summed E-state index contributed by atoms with van der Waals surface area (Å²) in [6.45, 7) is -0.0375. The van der Waals surface area contributed by atoms with E-state index in [2.05, 4.69) is 181 Å². The van der Waals surface area contributed by atoms with Crippen molar-refractivity contribution in [3.63, 3.8) is 0 Å². The largest absolute Gasteiger partial charge is 0.280 e. The predicted octanol–water partition coefficient (Wildman–Crippen LogP) is 12.8. The monoisotopic (exact) mass is 810 g/mol. The molecular weight excluding hydrogens is 775 g/mol. The van der Waals surface area contributed by atoms with Crippen molar-refractivity contribution in [1.82, 2.24) is 15.0 Å². The average Bonchev–Trinajstić information content (AvgIpc) is 3.38. The molecule has 4 heterocycles. The fourth-order valence-corrected chi connectivity index (χ4v) is 11.0. The molecule has 0 spiro atoms. The van der Waals surface area contributed by atoms with Crippen LogP contribution >= 0.6 is 0 Å². The molecule has 0 atom stereocenters. The van der Waals surface area contributed by atoms with Gasteiger partial charge in [0.1, 0.15) is 0 Å². The van der Waals surface area contributed by atoms with E-state index >= 15 is 0 Å². The fourth-order valence-electron chi connectivity index (χ4n) is 11.0. The molecular formula is C59H35BN4. The molecule has 1 aromatic heterocycles. The molecule has 0 N–H and O–H groups in total. The SMILES string of the molecule is c1ccc(-c2cc3c4c(c2)-c2cccc5c(-c6ccccc6)cc6c(c25)B4c2c(cc(-c4ccccc4)c4cccc-3c24)N6c2nc(-c3ccccc3)nc(-c3ccccc3)n2)cc1. The lowest BCUT2D eigenvalue weighted by molar-refractivity contribution is 1.03. The zero-order valence-electron chi connectivity index (χ0n) is 34.6. The second-order valence-corrected chi connectivity index (χ2v) is 17.0. The van der Waals surface area contributed by atoms with E-state index in [9.17, 15) is 0 Å². The maximum atomic E-state index is 5.49. The number of rotatable bonds is 6. The number of nitrogens with zero attached hydrogens (tertiary/aromatic N) is 4. The van der Waals surface area contributed by atoms with Gasteiger partial charge in [0, 0.05) is 22.5 Å². The Kier molecular flexibility index (Phi) is 7.45. The lowest BCUT2D eigenvalue weighted by Crippen LogP contribution is -2.61. The standard InChI is InChI=1S/C59H35BN4/c1-6-18-36(19-7-1)41-32-48-44-30-16-28-42-46(37-20-8-2-9-21-37)34-50-55(52(42)44)60-54(48)49(33-41)45-31-17-29-43-47(38-22-10-3-11-23-38)35-51(56(60)53(43)45)64(50)59-62-57(39-24-12-4-13-25-39)61-58(63-59)40-26-14-5-15-27-40/h1-35H. The first-order chi connectivity index (χ1) is 31.8. The maximum Gasteiger partial charge on any atom is 0.249 e. The number of anilines is 3. The second-order valence-electron chi connectivity index (χ2n) is 17.0. The van der Waals surface area contributed by atoms with Gasteiger partial charge in [0.15, 0.2) is 11.6 Å². The van der Waals surface area contributed by atoms with Crippen LogP contribution in [-0.2, 0) is 0 Å². The Hall–Kier alpha value is -8.41. The molecule has 5 heteroatoms. The molecule has 294 valence electrons. The number of aromatic nitrogens is 3. The first kappa shape index (κ1) is 35.2. The van der Waals surface area contributed by atoms with Gasteiger partial charge in [0.25, 0.3) is 0 Å². The first-order valence-electron chi connectivity index (χ1n) is 22.0. The Morgan fingerprint density at radius 3 is 1.14 bits per heavy atom. The van der Waals surface area contributed by atoms with Gasteiger partial charge in [-0.15, -0.1) is 0 Å². The van der Waals surface area contributed by atoms with Crippen molar-refractivity contribution >= 4 is 62.0 Å². The van der Waals surface area contributed by atoms with Crippen molar-refractivity contribution in [2.24, 2.45) is 0 Å². The quantitative estimate of drug-likeness (QED) is 0.157. The molecule has 14 rings (SSSR count). The maximum absolute atomic E-state index is 5.49. The van der Waals surface area contributed by atoms with E-state index in [1.165, 1.54) is 82.4 Å². The molecule has 0 saturated heterocycles. The summed E-state index contributed by atoms with van der Waals surface area (Å²) >= 11 is 0. The van der Waals surface area contributed by atoms with Crippen LogP contribution < -0.4 is 21.3 Å². The summed E-state index contributed by atoms with van der Waals surface area (Å²) in [7, 11) is 0. The Morgan fingerprint density at radius 2 is 0.703 bits per heavy atom. The molecule has 64 heavy (non-hydrogen) atoms. The van der Waals surface area contributed by atoms with Gasteiger partial charge in [-0.05, 0) is 112 Å². The van der Waals surface area contributed by atoms with Crippen LogP contribution in [0.2, 0.25) is 0 Å². The van der Waals surface area contributed by atoms with Crippen molar-refractivity contribution in [2.45, 2.75) is 0 Å². The van der Waals surface area contributed by atoms with Crippen LogP contribution in [-0.4, -0.2) is 21.7 Å². The van der Waals surface area contributed by atoms with E-state index in [1.54, 1.807) is 0 Å². The summed E-state index contributed by atoms with van der Waals surface area (Å²) < 4.78 is 0. The van der Waals surface area contributed by atoms with Crippen molar-refractivity contribution in [3.05, 3.63) is 212 Å². The molecule has 11 aromatic rings. The van der Waals surface area contributed by atoms with E-state index in [4.69, 9.17) is 15.0 Å². The van der Waals surface area contributed by atoms with Crippen LogP contribution in [0.3, 0.4) is 0 Å². The number of fused-ring (bicyclic) bond motifs is 2. The van der Waals surface area contributed by atoms with Gasteiger partial charge in [0.05, 0.1) is 0 Å². The molecule has 0 bridgehead atoms. The van der Waals surface area contributed by atoms with Crippen molar-refractivity contribution in [1.29, 1.82) is 0 Å². The molecule has 0 aliphatic carbocycles. The topological polar surface area (TPSA) is 41.9 Å². The molecule has 10 aromatic carbocycles. The van der Waals surface area contributed by atoms with Crippen LogP contribution in [0.5, 0.6) is 0 Å². The van der Waals surface area contributed by atoms with E-state index in [1.807, 2.05) is 36.4 Å². The minimum Gasteiger partial charge on any atom is -0.280 e. The third kappa shape index (κ3) is 5.04. The van der Waals surface area contributed by atoms with Crippen LogP contribution in [0.1, 0.15) is 0 Å². The van der Waals surface area contributed by atoms with E-state index in [0.717, 1.165) is 33.6 Å². The third-order valence-electron chi connectivity index (χ3n) is 13.6. The highest BCUT2D eigenvalue weighted by atomic mass is 15.3. The molecule has 0 saturated carbocycles. The summed E-state index contributed by atoms with van der Waals surface area (Å²) in [5.74, 6) is 1.84. The smallest absolute Gasteiger partial charge is 0.249 e. The zero-order valence-corrected chi connectivity index (χ0v) is 34.6. The summed E-state index contributed by atoms with van der Waals surface area (Å²) in [5.41, 5.74) is 20.2. The number of hydrogen-bond donors (Lipinski definition) is 0. The fraction of sp³-hybridized carbons (Fsp3) is 0. The predicted molar refractivity (Wildman–Crippen MR) is 266 cm³/mol. The van der Waals surface area contributed by atoms with Gasteiger partial charge in [-0.2, -0.15) is 9.97 Å². The first-order valence-corrected chi connectivity index (χ1v) is 22.0. The van der Waals surface area contributed by atoms with Gasteiger partial charge < -0.3 is 0 Å². The van der Waals surface area contributed by atoms with Gasteiger partial charge in [0.2, 0.25) is 12.7 Å². The van der Waals surface area contributed by atoms with Crippen LogP contribution in [0.15, 0.2) is 212 Å². The number of hydrogen-bond acceptors (Lipinski definition) is 4. The highest BCUT2D eigenvalue weighted by Gasteiger charge is 2.47. The lowest BCUT2D eigenvalue weighted by atomic mass is 9.29. The normalized spacial score (nSPS) is 12.6. The zero-order chi connectivity index (χ0) is 41.9. The summed E-state index contributed by atoms with van der Waals surface area (Å²) in [4.78, 5) is 18.5. The molecule has 0 amide bonds. The minimum absolute atomic E-state index is 0.0375. The van der Waals surface area contributed by atoms with Gasteiger partial charge in [-0.25, -0.2) is 4.98 Å². The van der Waals surface area contributed by atoms with Crippen molar-refractivity contribution < 1.29 is 0 Å². The second kappa shape index (κ2) is 13.5. The highest BCUT2D eigenvalue weighted by Crippen LogP contribution is 2.51. The molecule has 0 radical (unpaired) electrons. The third-order valence-corrected chi connectivity index (χ3v) is 13.6. The Labute approximate surface area is 370 Å². The van der Waals surface area contributed by atoms with Crippen LogP contribution in [0.25, 0.3) is 100.0 Å². The van der Waals surface area contributed by atoms with Crippen LogP contribution in [0.4, 0.5) is 17.3 Å². The number of benzene rings is 10. The Balaban J connectivity index is 1.19. The highest BCUT2D eigenvalue weighted by molar-refractivity contribution is 7.04. The average molecular weight is 811 g/mol.